The van der Waals surface area contributed by atoms with Crippen LogP contribution in [-0.2, 0) is 10.3 Å². The molecule has 118 valence electrons. The molecule has 0 aliphatic carbocycles. The van der Waals surface area contributed by atoms with Crippen molar-refractivity contribution in [3.63, 3.8) is 0 Å². The fourth-order valence-electron chi connectivity index (χ4n) is 2.55. The quantitative estimate of drug-likeness (QED) is 0.861. The second-order valence-electron chi connectivity index (χ2n) is 5.86. The van der Waals surface area contributed by atoms with Gasteiger partial charge in [0.05, 0.1) is 6.54 Å². The SMILES string of the molecule is CC(C)N1CC(C)(c2cc(C(N)=O)ccc2F)N=C(N)C1=O. The molecule has 1 unspecified atom stereocenters. The van der Waals surface area contributed by atoms with Gasteiger partial charge in [-0.15, -0.1) is 0 Å². The summed E-state index contributed by atoms with van der Waals surface area (Å²) in [5.41, 5.74) is 10.2. The first-order valence-corrected chi connectivity index (χ1v) is 6.92. The summed E-state index contributed by atoms with van der Waals surface area (Å²) in [7, 11) is 0. The maximum atomic E-state index is 14.2. The molecule has 0 spiro atoms. The second kappa shape index (κ2) is 5.40. The molecule has 0 aromatic heterocycles. The van der Waals surface area contributed by atoms with Gasteiger partial charge in [-0.1, -0.05) is 0 Å². The number of rotatable bonds is 3. The number of hydrogen-bond acceptors (Lipinski definition) is 4. The van der Waals surface area contributed by atoms with E-state index in [9.17, 15) is 14.0 Å². The lowest BCUT2D eigenvalue weighted by Gasteiger charge is -2.39. The lowest BCUT2D eigenvalue weighted by atomic mass is 9.88. The fraction of sp³-hybridized carbons (Fsp3) is 0.400. The van der Waals surface area contributed by atoms with Crippen LogP contribution < -0.4 is 11.5 Å². The van der Waals surface area contributed by atoms with Crippen LogP contribution in [0.1, 0.15) is 36.7 Å². The molecule has 1 aliphatic rings. The molecule has 1 heterocycles. The van der Waals surface area contributed by atoms with E-state index in [1.54, 1.807) is 6.92 Å². The van der Waals surface area contributed by atoms with Crippen LogP contribution in [0, 0.1) is 5.82 Å². The molecular weight excluding hydrogens is 287 g/mol. The van der Waals surface area contributed by atoms with Crippen LogP contribution in [0.3, 0.4) is 0 Å². The normalized spacial score (nSPS) is 22.0. The summed E-state index contributed by atoms with van der Waals surface area (Å²) in [6.07, 6.45) is 0. The van der Waals surface area contributed by atoms with Crippen LogP contribution >= 0.6 is 0 Å². The highest BCUT2D eigenvalue weighted by Crippen LogP contribution is 2.32. The van der Waals surface area contributed by atoms with Gasteiger partial charge in [0, 0.05) is 17.2 Å². The molecule has 0 fully saturated rings. The Labute approximate surface area is 128 Å². The summed E-state index contributed by atoms with van der Waals surface area (Å²) in [5, 5.41) is 0. The minimum absolute atomic E-state index is 0.108. The number of aliphatic imine (C=N–C) groups is 1. The zero-order chi connectivity index (χ0) is 16.7. The maximum Gasteiger partial charge on any atom is 0.289 e. The van der Waals surface area contributed by atoms with Gasteiger partial charge >= 0.3 is 0 Å². The summed E-state index contributed by atoms with van der Waals surface area (Å²) in [5.74, 6) is -1.73. The predicted molar refractivity (Wildman–Crippen MR) is 80.7 cm³/mol. The van der Waals surface area contributed by atoms with Gasteiger partial charge in [0.25, 0.3) is 5.91 Å². The van der Waals surface area contributed by atoms with Crippen LogP contribution in [-0.4, -0.2) is 35.1 Å². The Bertz CT molecular complexity index is 672. The van der Waals surface area contributed by atoms with E-state index in [2.05, 4.69) is 4.99 Å². The predicted octanol–water partition coefficient (Wildman–Crippen LogP) is 0.748. The monoisotopic (exact) mass is 306 g/mol. The average Bonchev–Trinajstić information content (AvgIpc) is 2.42. The molecule has 1 aromatic carbocycles. The highest BCUT2D eigenvalue weighted by molar-refractivity contribution is 6.37. The molecule has 0 radical (unpaired) electrons. The first-order chi connectivity index (χ1) is 10.2. The van der Waals surface area contributed by atoms with Gasteiger partial charge in [-0.25, -0.2) is 4.39 Å². The van der Waals surface area contributed by atoms with Gasteiger partial charge in [-0.2, -0.15) is 0 Å². The van der Waals surface area contributed by atoms with Crippen molar-refractivity contribution in [1.82, 2.24) is 4.90 Å². The van der Waals surface area contributed by atoms with Crippen molar-refractivity contribution < 1.29 is 14.0 Å². The first-order valence-electron chi connectivity index (χ1n) is 6.92. The number of benzene rings is 1. The summed E-state index contributed by atoms with van der Waals surface area (Å²) in [6, 6.07) is 3.74. The van der Waals surface area contributed by atoms with Crippen molar-refractivity contribution in [3.05, 3.63) is 35.1 Å². The minimum atomic E-state index is -1.07. The molecule has 4 N–H and O–H groups in total. The first kappa shape index (κ1) is 15.9. The van der Waals surface area contributed by atoms with Crippen molar-refractivity contribution >= 4 is 17.6 Å². The Balaban J connectivity index is 2.57. The van der Waals surface area contributed by atoms with E-state index in [0.717, 1.165) is 0 Å². The number of hydrogen-bond donors (Lipinski definition) is 2. The number of primary amides is 1. The van der Waals surface area contributed by atoms with Crippen molar-refractivity contribution in [2.75, 3.05) is 6.54 Å². The van der Waals surface area contributed by atoms with E-state index < -0.39 is 17.3 Å². The number of nitrogens with zero attached hydrogens (tertiary/aromatic N) is 2. The number of carbonyl (C=O) groups excluding carboxylic acids is 2. The van der Waals surface area contributed by atoms with Gasteiger partial charge in [-0.3, -0.25) is 14.6 Å². The summed E-state index contributed by atoms with van der Waals surface area (Å²) in [4.78, 5) is 29.1. The number of halogens is 1. The third kappa shape index (κ3) is 2.66. The summed E-state index contributed by atoms with van der Waals surface area (Å²) in [6.45, 7) is 5.52. The molecular formula is C15H19FN4O2. The van der Waals surface area contributed by atoms with Gasteiger partial charge < -0.3 is 16.4 Å². The largest absolute Gasteiger partial charge is 0.379 e. The molecule has 0 saturated carbocycles. The van der Waals surface area contributed by atoms with Gasteiger partial charge in [0.15, 0.2) is 5.84 Å². The topological polar surface area (TPSA) is 102 Å². The molecule has 2 amide bonds. The lowest BCUT2D eigenvalue weighted by molar-refractivity contribution is -0.127. The molecule has 1 aliphatic heterocycles. The van der Waals surface area contributed by atoms with Crippen LogP contribution in [0.5, 0.6) is 0 Å². The van der Waals surface area contributed by atoms with E-state index in [1.165, 1.54) is 23.1 Å². The highest BCUT2D eigenvalue weighted by Gasteiger charge is 2.40. The van der Waals surface area contributed by atoms with Crippen molar-refractivity contribution in [1.29, 1.82) is 0 Å². The Morgan fingerprint density at radius 3 is 2.64 bits per heavy atom. The number of carbonyl (C=O) groups is 2. The van der Waals surface area contributed by atoms with Crippen LogP contribution in [0.2, 0.25) is 0 Å². The third-order valence-corrected chi connectivity index (χ3v) is 3.78. The van der Waals surface area contributed by atoms with E-state index in [1.807, 2.05) is 13.8 Å². The average molecular weight is 306 g/mol. The molecule has 22 heavy (non-hydrogen) atoms. The highest BCUT2D eigenvalue weighted by atomic mass is 19.1. The molecule has 1 atom stereocenters. The summed E-state index contributed by atoms with van der Waals surface area (Å²) < 4.78 is 14.2. The van der Waals surface area contributed by atoms with E-state index >= 15 is 0 Å². The lowest BCUT2D eigenvalue weighted by Crippen LogP contribution is -2.54. The van der Waals surface area contributed by atoms with Crippen LogP contribution in [0.25, 0.3) is 0 Å². The Morgan fingerprint density at radius 1 is 1.45 bits per heavy atom. The van der Waals surface area contributed by atoms with Gasteiger partial charge in [0.2, 0.25) is 5.91 Å². The minimum Gasteiger partial charge on any atom is -0.379 e. The zero-order valence-electron chi connectivity index (χ0n) is 12.8. The van der Waals surface area contributed by atoms with E-state index in [0.29, 0.717) is 0 Å². The van der Waals surface area contributed by atoms with Gasteiger partial charge in [0.1, 0.15) is 11.4 Å². The fourth-order valence-corrected chi connectivity index (χ4v) is 2.55. The van der Waals surface area contributed by atoms with Crippen LogP contribution in [0.4, 0.5) is 4.39 Å². The maximum absolute atomic E-state index is 14.2. The van der Waals surface area contributed by atoms with E-state index in [4.69, 9.17) is 11.5 Å². The number of nitrogens with two attached hydrogens (primary N) is 2. The molecule has 0 saturated heterocycles. The Kier molecular flexibility index (Phi) is 3.91. The van der Waals surface area contributed by atoms with Crippen LogP contribution in [0.15, 0.2) is 23.2 Å². The molecule has 6 nitrogen and oxygen atoms in total. The zero-order valence-corrected chi connectivity index (χ0v) is 12.8. The smallest absolute Gasteiger partial charge is 0.289 e. The van der Waals surface area contributed by atoms with Crippen molar-refractivity contribution in [3.8, 4) is 0 Å². The van der Waals surface area contributed by atoms with Gasteiger partial charge in [-0.05, 0) is 39.0 Å². The van der Waals surface area contributed by atoms with E-state index in [-0.39, 0.29) is 35.5 Å². The summed E-state index contributed by atoms with van der Waals surface area (Å²) >= 11 is 0. The number of amides is 2. The van der Waals surface area contributed by atoms with Crippen molar-refractivity contribution in [2.24, 2.45) is 16.5 Å². The second-order valence-corrected chi connectivity index (χ2v) is 5.86. The molecule has 7 heteroatoms. The number of amidine groups is 1. The Hall–Kier alpha value is -2.44. The standard InChI is InChI=1S/C15H19FN4O2/c1-8(2)20-7-15(3,19-12(17)14(20)22)10-6-9(13(18)21)4-5-11(10)16/h4-6,8H,7H2,1-3H3,(H2,17,19)(H2,18,21). The molecule has 2 rings (SSSR count). The Morgan fingerprint density at radius 2 is 2.09 bits per heavy atom. The molecule has 0 bridgehead atoms. The third-order valence-electron chi connectivity index (χ3n) is 3.78. The molecule has 1 aromatic rings. The van der Waals surface area contributed by atoms with Crippen molar-refractivity contribution in [2.45, 2.75) is 32.4 Å².